The molecule has 9 heteroatoms. The first kappa shape index (κ1) is 21.0. The summed E-state index contributed by atoms with van der Waals surface area (Å²) >= 11 is 1.12. The molecule has 2 N–H and O–H groups in total. The molecular weight excluding hydrogens is 437 g/mol. The van der Waals surface area contributed by atoms with Crippen molar-refractivity contribution < 1.29 is 17.6 Å². The van der Waals surface area contributed by atoms with E-state index in [4.69, 9.17) is 0 Å². The number of nitrogens with zero attached hydrogens (tertiary/aromatic N) is 1. The highest BCUT2D eigenvalue weighted by Gasteiger charge is 2.16. The van der Waals surface area contributed by atoms with Gasteiger partial charge in [-0.25, -0.2) is 17.8 Å². The van der Waals surface area contributed by atoms with Gasteiger partial charge in [0, 0.05) is 22.9 Å². The van der Waals surface area contributed by atoms with Crippen molar-refractivity contribution in [3.05, 3.63) is 83.6 Å². The lowest BCUT2D eigenvalue weighted by molar-refractivity contribution is -0.116. The van der Waals surface area contributed by atoms with Crippen LogP contribution in [0.5, 0.6) is 0 Å². The van der Waals surface area contributed by atoms with Crippen LogP contribution in [0, 0.1) is 5.82 Å². The van der Waals surface area contributed by atoms with Crippen LogP contribution < -0.4 is 10.0 Å². The molecule has 0 aliphatic heterocycles. The van der Waals surface area contributed by atoms with E-state index >= 15 is 0 Å². The molecule has 1 heterocycles. The number of anilines is 2. The van der Waals surface area contributed by atoms with Gasteiger partial charge in [0.1, 0.15) is 5.82 Å². The molecular formula is C22H18FN3O3S2. The Bertz CT molecular complexity index is 1330. The van der Waals surface area contributed by atoms with Crippen molar-refractivity contribution in [2.45, 2.75) is 17.7 Å². The Labute approximate surface area is 182 Å². The molecule has 0 radical (unpaired) electrons. The van der Waals surface area contributed by atoms with Gasteiger partial charge in [-0.15, -0.1) is 11.3 Å². The molecule has 31 heavy (non-hydrogen) atoms. The molecule has 0 saturated heterocycles. The second-order valence-electron chi connectivity index (χ2n) is 6.78. The number of carbonyl (C=O) groups is 1. The molecule has 0 atom stereocenters. The van der Waals surface area contributed by atoms with Gasteiger partial charge < -0.3 is 5.32 Å². The summed E-state index contributed by atoms with van der Waals surface area (Å²) in [6.45, 7) is 0. The van der Waals surface area contributed by atoms with Gasteiger partial charge in [0.25, 0.3) is 10.0 Å². The van der Waals surface area contributed by atoms with Crippen molar-refractivity contribution in [2.75, 3.05) is 10.0 Å². The first-order valence-electron chi connectivity index (χ1n) is 9.41. The zero-order valence-electron chi connectivity index (χ0n) is 16.2. The maximum Gasteiger partial charge on any atom is 0.263 e. The topological polar surface area (TPSA) is 88.2 Å². The van der Waals surface area contributed by atoms with E-state index < -0.39 is 15.8 Å². The lowest BCUT2D eigenvalue weighted by atomic mass is 10.1. The third-order valence-corrected chi connectivity index (χ3v) is 6.86. The Balaban J connectivity index is 1.37. The summed E-state index contributed by atoms with van der Waals surface area (Å²) in [5.41, 5.74) is 1.35. The van der Waals surface area contributed by atoms with E-state index in [1.807, 2.05) is 42.5 Å². The average Bonchev–Trinajstić information content (AvgIpc) is 3.19. The number of aryl methyl sites for hydroxylation is 1. The number of thiazole rings is 1. The van der Waals surface area contributed by atoms with Crippen LogP contribution in [-0.2, 0) is 21.2 Å². The molecule has 1 amide bonds. The Morgan fingerprint density at radius 1 is 1.00 bits per heavy atom. The molecule has 0 aliphatic rings. The summed E-state index contributed by atoms with van der Waals surface area (Å²) in [5, 5.41) is 6.81. The molecule has 6 nitrogen and oxygen atoms in total. The fourth-order valence-electron chi connectivity index (χ4n) is 3.05. The Kier molecular flexibility index (Phi) is 5.97. The van der Waals surface area contributed by atoms with Crippen LogP contribution in [-0.4, -0.2) is 19.3 Å². The Hall–Kier alpha value is -3.30. The number of hydrogen-bond donors (Lipinski definition) is 2. The number of benzene rings is 3. The summed E-state index contributed by atoms with van der Waals surface area (Å²) in [7, 11) is -3.86. The first-order chi connectivity index (χ1) is 14.9. The molecule has 1 aromatic heterocycles. The van der Waals surface area contributed by atoms with Gasteiger partial charge in [-0.1, -0.05) is 36.4 Å². The SMILES string of the molecule is O=C(CCc1csc(NS(=O)(=O)c2ccc(F)cc2)n1)Nc1cccc2ccccc12. The van der Waals surface area contributed by atoms with E-state index in [1.54, 1.807) is 5.38 Å². The van der Waals surface area contributed by atoms with Crippen molar-refractivity contribution in [3.8, 4) is 0 Å². The largest absolute Gasteiger partial charge is 0.326 e. The van der Waals surface area contributed by atoms with Gasteiger partial charge in [-0.3, -0.25) is 9.52 Å². The molecule has 0 spiro atoms. The van der Waals surface area contributed by atoms with Crippen LogP contribution in [0.3, 0.4) is 0 Å². The Morgan fingerprint density at radius 2 is 1.74 bits per heavy atom. The minimum Gasteiger partial charge on any atom is -0.326 e. The minimum atomic E-state index is -3.86. The van der Waals surface area contributed by atoms with E-state index in [-0.39, 0.29) is 22.4 Å². The van der Waals surface area contributed by atoms with Crippen LogP contribution in [0.15, 0.2) is 77.0 Å². The molecule has 0 saturated carbocycles. The van der Waals surface area contributed by atoms with Gasteiger partial charge in [-0.05, 0) is 42.1 Å². The average molecular weight is 456 g/mol. The second kappa shape index (κ2) is 8.83. The van der Waals surface area contributed by atoms with Crippen LogP contribution in [0.1, 0.15) is 12.1 Å². The third-order valence-electron chi connectivity index (χ3n) is 4.57. The predicted octanol–water partition coefficient (Wildman–Crippen LogP) is 4.81. The van der Waals surface area contributed by atoms with Crippen molar-refractivity contribution in [2.24, 2.45) is 0 Å². The normalized spacial score (nSPS) is 11.4. The first-order valence-corrected chi connectivity index (χ1v) is 11.8. The molecule has 0 aliphatic carbocycles. The Morgan fingerprint density at radius 3 is 2.55 bits per heavy atom. The number of aromatic nitrogens is 1. The summed E-state index contributed by atoms with van der Waals surface area (Å²) in [5.74, 6) is -0.671. The predicted molar refractivity (Wildman–Crippen MR) is 120 cm³/mol. The van der Waals surface area contributed by atoms with Crippen LogP contribution in [0.25, 0.3) is 10.8 Å². The monoisotopic (exact) mass is 455 g/mol. The molecule has 0 fully saturated rings. The number of amides is 1. The summed E-state index contributed by atoms with van der Waals surface area (Å²) in [6, 6.07) is 18.0. The third kappa shape index (κ3) is 5.07. The second-order valence-corrected chi connectivity index (χ2v) is 9.32. The fourth-order valence-corrected chi connectivity index (χ4v) is 5.04. The van der Waals surface area contributed by atoms with Crippen LogP contribution in [0.4, 0.5) is 15.2 Å². The van der Waals surface area contributed by atoms with Crippen molar-refractivity contribution >= 4 is 48.9 Å². The summed E-state index contributed by atoms with van der Waals surface area (Å²) < 4.78 is 40.1. The highest BCUT2D eigenvalue weighted by atomic mass is 32.2. The minimum absolute atomic E-state index is 0.0554. The number of fused-ring (bicyclic) bond motifs is 1. The van der Waals surface area contributed by atoms with Crippen molar-refractivity contribution in [1.82, 2.24) is 4.98 Å². The highest BCUT2D eigenvalue weighted by molar-refractivity contribution is 7.93. The van der Waals surface area contributed by atoms with Gasteiger partial charge >= 0.3 is 0 Å². The lowest BCUT2D eigenvalue weighted by Crippen LogP contribution is -2.13. The number of rotatable bonds is 7. The van der Waals surface area contributed by atoms with Crippen LogP contribution in [0.2, 0.25) is 0 Å². The van der Waals surface area contributed by atoms with E-state index in [9.17, 15) is 17.6 Å². The van der Waals surface area contributed by atoms with E-state index in [1.165, 1.54) is 12.1 Å². The van der Waals surface area contributed by atoms with E-state index in [0.717, 1.165) is 39.9 Å². The highest BCUT2D eigenvalue weighted by Crippen LogP contribution is 2.24. The van der Waals surface area contributed by atoms with Crippen molar-refractivity contribution in [3.63, 3.8) is 0 Å². The van der Waals surface area contributed by atoms with E-state index in [0.29, 0.717) is 12.1 Å². The van der Waals surface area contributed by atoms with Crippen LogP contribution >= 0.6 is 11.3 Å². The molecule has 4 aromatic rings. The number of sulfonamides is 1. The zero-order valence-corrected chi connectivity index (χ0v) is 17.8. The smallest absolute Gasteiger partial charge is 0.263 e. The summed E-state index contributed by atoms with van der Waals surface area (Å²) in [4.78, 5) is 16.6. The van der Waals surface area contributed by atoms with Gasteiger partial charge in [0.15, 0.2) is 5.13 Å². The molecule has 3 aromatic carbocycles. The van der Waals surface area contributed by atoms with Gasteiger partial charge in [0.2, 0.25) is 5.91 Å². The molecule has 158 valence electrons. The quantitative estimate of drug-likeness (QED) is 0.419. The molecule has 0 unspecified atom stereocenters. The zero-order chi connectivity index (χ0) is 21.8. The van der Waals surface area contributed by atoms with Gasteiger partial charge in [-0.2, -0.15) is 0 Å². The standard InChI is InChI=1S/C22H18FN3O3S2/c23-16-8-11-18(12-9-16)31(28,29)26-22-24-17(14-30-22)10-13-21(27)25-20-7-3-5-15-4-1-2-6-19(15)20/h1-9,11-12,14H,10,13H2,(H,24,26)(H,25,27). The maximum atomic E-state index is 13.0. The van der Waals surface area contributed by atoms with E-state index in [2.05, 4.69) is 15.0 Å². The fraction of sp³-hybridized carbons (Fsp3) is 0.0909. The number of nitrogens with one attached hydrogen (secondary N) is 2. The molecule has 0 bridgehead atoms. The molecule has 4 rings (SSSR count). The summed E-state index contributed by atoms with van der Waals surface area (Å²) in [6.07, 6.45) is 0.572. The lowest BCUT2D eigenvalue weighted by Gasteiger charge is -2.08. The number of halogens is 1. The number of carbonyl (C=O) groups excluding carboxylic acids is 1. The number of hydrogen-bond acceptors (Lipinski definition) is 5. The van der Waals surface area contributed by atoms with Crippen molar-refractivity contribution in [1.29, 1.82) is 0 Å². The van der Waals surface area contributed by atoms with Gasteiger partial charge in [0.05, 0.1) is 10.6 Å². The maximum absolute atomic E-state index is 13.0.